The molecule has 8 heteroatoms. The van der Waals surface area contributed by atoms with Crippen LogP contribution >= 0.6 is 0 Å². The van der Waals surface area contributed by atoms with E-state index in [0.29, 0.717) is 6.42 Å². The number of carboxylic acid groups (broad SMARTS) is 2. The molecular weight excluding hydrogens is 244 g/mol. The van der Waals surface area contributed by atoms with Crippen LogP contribution in [0.1, 0.15) is 25.7 Å². The molecule has 18 heavy (non-hydrogen) atoms. The third-order valence-corrected chi connectivity index (χ3v) is 2.57. The van der Waals surface area contributed by atoms with Crippen LogP contribution in [0.15, 0.2) is 0 Å². The van der Waals surface area contributed by atoms with Gasteiger partial charge in [0.2, 0.25) is 11.8 Å². The van der Waals surface area contributed by atoms with Gasteiger partial charge in [0.1, 0.15) is 12.1 Å². The molecule has 0 radical (unpaired) electrons. The van der Waals surface area contributed by atoms with E-state index in [1.165, 1.54) is 0 Å². The zero-order valence-electron chi connectivity index (χ0n) is 9.51. The summed E-state index contributed by atoms with van der Waals surface area (Å²) in [4.78, 5) is 43.7. The standard InChI is InChI=1S/C10H14N2O6/c13-7-3-1-5(11-7)9(16)12-6(10(17)18)2-4-8(14)15/h5-6H,1-4H2,(H,11,13)(H,12,16)(H,14,15)(H,17,18)/t5-,6+/m1/s1. The van der Waals surface area contributed by atoms with E-state index >= 15 is 0 Å². The molecule has 1 aliphatic rings. The molecule has 0 aromatic rings. The van der Waals surface area contributed by atoms with Gasteiger partial charge in [-0.15, -0.1) is 0 Å². The van der Waals surface area contributed by atoms with E-state index in [1.54, 1.807) is 0 Å². The van der Waals surface area contributed by atoms with Crippen molar-refractivity contribution >= 4 is 23.8 Å². The van der Waals surface area contributed by atoms with E-state index in [1.807, 2.05) is 0 Å². The number of carbonyl (C=O) groups excluding carboxylic acids is 2. The lowest BCUT2D eigenvalue weighted by Crippen LogP contribution is -2.48. The Hall–Kier alpha value is -2.12. The Morgan fingerprint density at radius 3 is 2.50 bits per heavy atom. The van der Waals surface area contributed by atoms with Crippen LogP contribution in [0.5, 0.6) is 0 Å². The molecule has 1 aliphatic heterocycles. The summed E-state index contributed by atoms with van der Waals surface area (Å²) in [6, 6.07) is -1.99. The molecule has 0 saturated carbocycles. The Kier molecular flexibility index (Phi) is 4.64. The largest absolute Gasteiger partial charge is 0.481 e. The Morgan fingerprint density at radius 1 is 1.39 bits per heavy atom. The lowest BCUT2D eigenvalue weighted by Gasteiger charge is -2.16. The van der Waals surface area contributed by atoms with Gasteiger partial charge in [-0.2, -0.15) is 0 Å². The molecule has 1 rings (SSSR count). The molecule has 1 heterocycles. The SMILES string of the molecule is O=C(O)CC[C@H](NC(=O)[C@H]1CCC(=O)N1)C(=O)O. The van der Waals surface area contributed by atoms with E-state index in [2.05, 4.69) is 10.6 Å². The normalized spacial score (nSPS) is 20.0. The first-order valence-electron chi connectivity index (χ1n) is 5.44. The van der Waals surface area contributed by atoms with Gasteiger partial charge in [0.15, 0.2) is 0 Å². The number of hydrogen-bond donors (Lipinski definition) is 4. The predicted octanol–water partition coefficient (Wildman–Crippen LogP) is -1.30. The summed E-state index contributed by atoms with van der Waals surface area (Å²) >= 11 is 0. The van der Waals surface area contributed by atoms with Crippen LogP contribution < -0.4 is 10.6 Å². The molecule has 0 aliphatic carbocycles. The smallest absolute Gasteiger partial charge is 0.326 e. The maximum absolute atomic E-state index is 11.6. The van der Waals surface area contributed by atoms with Gasteiger partial charge in [0.05, 0.1) is 0 Å². The zero-order chi connectivity index (χ0) is 13.7. The fourth-order valence-electron chi connectivity index (χ4n) is 1.61. The van der Waals surface area contributed by atoms with Crippen LogP contribution in [0, 0.1) is 0 Å². The van der Waals surface area contributed by atoms with E-state index < -0.39 is 29.9 Å². The lowest BCUT2D eigenvalue weighted by atomic mass is 10.1. The van der Waals surface area contributed by atoms with E-state index in [0.717, 1.165) is 0 Å². The van der Waals surface area contributed by atoms with E-state index in [-0.39, 0.29) is 25.2 Å². The third kappa shape index (κ3) is 4.04. The zero-order valence-corrected chi connectivity index (χ0v) is 9.51. The molecule has 0 aromatic heterocycles. The highest BCUT2D eigenvalue weighted by Crippen LogP contribution is 2.07. The second-order valence-electron chi connectivity index (χ2n) is 3.99. The maximum Gasteiger partial charge on any atom is 0.326 e. The molecule has 8 nitrogen and oxygen atoms in total. The molecule has 4 N–H and O–H groups in total. The van der Waals surface area contributed by atoms with Crippen molar-refractivity contribution in [3.8, 4) is 0 Å². The fraction of sp³-hybridized carbons (Fsp3) is 0.600. The summed E-state index contributed by atoms with van der Waals surface area (Å²) < 4.78 is 0. The molecule has 1 fully saturated rings. The van der Waals surface area contributed by atoms with Crippen molar-refractivity contribution in [1.29, 1.82) is 0 Å². The van der Waals surface area contributed by atoms with Gasteiger partial charge in [-0.1, -0.05) is 0 Å². The van der Waals surface area contributed by atoms with Crippen molar-refractivity contribution in [2.45, 2.75) is 37.8 Å². The first-order valence-corrected chi connectivity index (χ1v) is 5.44. The second kappa shape index (κ2) is 5.99. The highest BCUT2D eigenvalue weighted by molar-refractivity contribution is 5.92. The summed E-state index contributed by atoms with van der Waals surface area (Å²) in [6.07, 6.45) is -0.00771. The fourth-order valence-corrected chi connectivity index (χ4v) is 1.61. The third-order valence-electron chi connectivity index (χ3n) is 2.57. The molecule has 2 atom stereocenters. The average molecular weight is 258 g/mol. The average Bonchev–Trinajstić information content (AvgIpc) is 2.70. The first-order chi connectivity index (χ1) is 8.40. The number of carbonyl (C=O) groups is 4. The highest BCUT2D eigenvalue weighted by atomic mass is 16.4. The first kappa shape index (κ1) is 13.9. The van der Waals surface area contributed by atoms with E-state index in [9.17, 15) is 19.2 Å². The van der Waals surface area contributed by atoms with Crippen molar-refractivity contribution in [3.63, 3.8) is 0 Å². The molecule has 0 bridgehead atoms. The number of carboxylic acids is 2. The minimum absolute atomic E-state index is 0.197. The van der Waals surface area contributed by atoms with Gasteiger partial charge in [-0.05, 0) is 12.8 Å². The molecule has 0 unspecified atom stereocenters. The summed E-state index contributed by atoms with van der Waals surface area (Å²) in [5.74, 6) is -3.29. The monoisotopic (exact) mass is 258 g/mol. The highest BCUT2D eigenvalue weighted by Gasteiger charge is 2.30. The lowest BCUT2D eigenvalue weighted by molar-refractivity contribution is -0.143. The van der Waals surface area contributed by atoms with Gasteiger partial charge in [-0.3, -0.25) is 14.4 Å². The topological polar surface area (TPSA) is 133 Å². The number of rotatable bonds is 6. The van der Waals surface area contributed by atoms with Crippen molar-refractivity contribution in [3.05, 3.63) is 0 Å². The Labute approximate surface area is 102 Å². The quantitative estimate of drug-likeness (QED) is 0.468. The Morgan fingerprint density at radius 2 is 2.06 bits per heavy atom. The number of hydrogen-bond acceptors (Lipinski definition) is 4. The number of nitrogens with one attached hydrogen (secondary N) is 2. The Balaban J connectivity index is 2.49. The predicted molar refractivity (Wildman–Crippen MR) is 57.6 cm³/mol. The van der Waals surface area contributed by atoms with Crippen LogP contribution in [0.4, 0.5) is 0 Å². The Bertz CT molecular complexity index is 381. The molecule has 2 amide bonds. The van der Waals surface area contributed by atoms with Gasteiger partial charge >= 0.3 is 11.9 Å². The molecule has 1 saturated heterocycles. The van der Waals surface area contributed by atoms with Crippen molar-refractivity contribution in [1.82, 2.24) is 10.6 Å². The van der Waals surface area contributed by atoms with Gasteiger partial charge < -0.3 is 20.8 Å². The van der Waals surface area contributed by atoms with E-state index in [4.69, 9.17) is 10.2 Å². The molecule has 100 valence electrons. The van der Waals surface area contributed by atoms with Crippen LogP contribution in [0.3, 0.4) is 0 Å². The van der Waals surface area contributed by atoms with Crippen LogP contribution in [-0.4, -0.2) is 46.0 Å². The minimum atomic E-state index is -1.30. The molecular formula is C10H14N2O6. The number of aliphatic carboxylic acids is 2. The van der Waals surface area contributed by atoms with Gasteiger partial charge in [0, 0.05) is 12.8 Å². The van der Waals surface area contributed by atoms with Crippen LogP contribution in [-0.2, 0) is 19.2 Å². The summed E-state index contributed by atoms with van der Waals surface area (Å²) in [5, 5.41) is 21.9. The molecule has 0 aromatic carbocycles. The maximum atomic E-state index is 11.6. The van der Waals surface area contributed by atoms with Crippen LogP contribution in [0.2, 0.25) is 0 Å². The van der Waals surface area contributed by atoms with Gasteiger partial charge in [0.25, 0.3) is 0 Å². The minimum Gasteiger partial charge on any atom is -0.481 e. The summed E-state index contributed by atoms with van der Waals surface area (Å²) in [7, 11) is 0. The van der Waals surface area contributed by atoms with Gasteiger partial charge in [-0.25, -0.2) is 4.79 Å². The van der Waals surface area contributed by atoms with Crippen molar-refractivity contribution < 1.29 is 29.4 Å². The second-order valence-corrected chi connectivity index (χ2v) is 3.99. The number of amides is 2. The van der Waals surface area contributed by atoms with Crippen molar-refractivity contribution in [2.24, 2.45) is 0 Å². The summed E-state index contributed by atoms with van der Waals surface area (Å²) in [6.45, 7) is 0. The molecule has 0 spiro atoms. The van der Waals surface area contributed by atoms with Crippen LogP contribution in [0.25, 0.3) is 0 Å². The van der Waals surface area contributed by atoms with Crippen molar-refractivity contribution in [2.75, 3.05) is 0 Å². The summed E-state index contributed by atoms with van der Waals surface area (Å²) in [5.41, 5.74) is 0.